The number of hydrogen-bond acceptors (Lipinski definition) is 3. The van der Waals surface area contributed by atoms with Crippen LogP contribution in [0.2, 0.25) is 0 Å². The van der Waals surface area contributed by atoms with E-state index in [1.54, 1.807) is 4.90 Å². The standard InChI is InChI=1S/C18H17F2N3O2/c19-13-5-6-16(15(20)9-13)23-8-7-14(10-23)22-18(25)12-3-1-11(2-4-12)17(21)24/h1-6,9,14H,7-8,10H2,(H2,21,24)(H,22,25). The Labute approximate surface area is 143 Å². The van der Waals surface area contributed by atoms with E-state index >= 15 is 0 Å². The topological polar surface area (TPSA) is 75.4 Å². The van der Waals surface area contributed by atoms with Gasteiger partial charge in [0.2, 0.25) is 5.91 Å². The van der Waals surface area contributed by atoms with Crippen LogP contribution >= 0.6 is 0 Å². The molecule has 2 amide bonds. The predicted molar refractivity (Wildman–Crippen MR) is 89.4 cm³/mol. The summed E-state index contributed by atoms with van der Waals surface area (Å²) in [5, 5.41) is 2.88. The van der Waals surface area contributed by atoms with Crippen LogP contribution in [-0.2, 0) is 0 Å². The first-order valence-electron chi connectivity index (χ1n) is 7.85. The molecule has 0 aromatic heterocycles. The van der Waals surface area contributed by atoms with E-state index in [2.05, 4.69) is 5.32 Å². The summed E-state index contributed by atoms with van der Waals surface area (Å²) in [6.45, 7) is 1.00. The van der Waals surface area contributed by atoms with Crippen molar-refractivity contribution in [3.05, 3.63) is 65.2 Å². The van der Waals surface area contributed by atoms with Crippen molar-refractivity contribution in [3.8, 4) is 0 Å². The molecule has 0 spiro atoms. The number of amides is 2. The minimum Gasteiger partial charge on any atom is -0.367 e. The lowest BCUT2D eigenvalue weighted by Gasteiger charge is -2.19. The zero-order valence-electron chi connectivity index (χ0n) is 13.3. The number of carbonyl (C=O) groups excluding carboxylic acids is 2. The van der Waals surface area contributed by atoms with Gasteiger partial charge in [-0.05, 0) is 42.8 Å². The lowest BCUT2D eigenvalue weighted by atomic mass is 10.1. The molecule has 1 aliphatic rings. The number of anilines is 1. The minimum absolute atomic E-state index is 0.146. The second-order valence-electron chi connectivity index (χ2n) is 5.94. The molecule has 1 fully saturated rings. The van der Waals surface area contributed by atoms with Gasteiger partial charge in [0.25, 0.3) is 5.91 Å². The zero-order chi connectivity index (χ0) is 18.0. The lowest BCUT2D eigenvalue weighted by molar-refractivity contribution is 0.0938. The molecule has 7 heteroatoms. The molecule has 5 nitrogen and oxygen atoms in total. The summed E-state index contributed by atoms with van der Waals surface area (Å²) >= 11 is 0. The Hall–Kier alpha value is -2.96. The van der Waals surface area contributed by atoms with Crippen LogP contribution in [0.25, 0.3) is 0 Å². The normalized spacial score (nSPS) is 16.7. The number of halogens is 2. The summed E-state index contributed by atoms with van der Waals surface area (Å²) in [7, 11) is 0. The van der Waals surface area contributed by atoms with Gasteiger partial charge in [-0.1, -0.05) is 0 Å². The van der Waals surface area contributed by atoms with Crippen molar-refractivity contribution in [1.29, 1.82) is 0 Å². The molecule has 2 aromatic rings. The van der Waals surface area contributed by atoms with E-state index < -0.39 is 17.5 Å². The summed E-state index contributed by atoms with van der Waals surface area (Å²) in [4.78, 5) is 25.1. The van der Waals surface area contributed by atoms with Gasteiger partial charge >= 0.3 is 0 Å². The molecular weight excluding hydrogens is 328 g/mol. The maximum atomic E-state index is 13.9. The molecule has 1 aliphatic heterocycles. The van der Waals surface area contributed by atoms with Crippen LogP contribution in [0.15, 0.2) is 42.5 Å². The number of nitrogens with zero attached hydrogens (tertiary/aromatic N) is 1. The van der Waals surface area contributed by atoms with Gasteiger partial charge < -0.3 is 16.0 Å². The zero-order valence-corrected chi connectivity index (χ0v) is 13.3. The van der Waals surface area contributed by atoms with Gasteiger partial charge in [-0.15, -0.1) is 0 Å². The third-order valence-electron chi connectivity index (χ3n) is 4.21. The van der Waals surface area contributed by atoms with Crippen molar-refractivity contribution >= 4 is 17.5 Å². The van der Waals surface area contributed by atoms with Crippen molar-refractivity contribution in [2.45, 2.75) is 12.5 Å². The molecule has 0 saturated carbocycles. The molecule has 3 rings (SSSR count). The Morgan fingerprint density at radius 2 is 1.76 bits per heavy atom. The molecule has 1 heterocycles. The van der Waals surface area contributed by atoms with Crippen molar-refractivity contribution in [2.24, 2.45) is 5.73 Å². The van der Waals surface area contributed by atoms with Crippen LogP contribution in [0.1, 0.15) is 27.1 Å². The van der Waals surface area contributed by atoms with Gasteiger partial charge in [0.05, 0.1) is 5.69 Å². The van der Waals surface area contributed by atoms with Crippen LogP contribution in [0, 0.1) is 11.6 Å². The number of rotatable bonds is 4. The second-order valence-corrected chi connectivity index (χ2v) is 5.94. The fraction of sp³-hybridized carbons (Fsp3) is 0.222. The number of benzene rings is 2. The van der Waals surface area contributed by atoms with Crippen LogP contribution in [0.5, 0.6) is 0 Å². The van der Waals surface area contributed by atoms with Crippen molar-refractivity contribution < 1.29 is 18.4 Å². The lowest BCUT2D eigenvalue weighted by Crippen LogP contribution is -2.37. The molecule has 1 atom stereocenters. The predicted octanol–water partition coefficient (Wildman–Crippen LogP) is 2.07. The van der Waals surface area contributed by atoms with Gasteiger partial charge in [-0.25, -0.2) is 8.78 Å². The third kappa shape index (κ3) is 3.76. The van der Waals surface area contributed by atoms with Gasteiger partial charge in [-0.3, -0.25) is 9.59 Å². The molecule has 3 N–H and O–H groups in total. The number of nitrogens with one attached hydrogen (secondary N) is 1. The third-order valence-corrected chi connectivity index (χ3v) is 4.21. The number of primary amides is 1. The Kier molecular flexibility index (Phi) is 4.65. The van der Waals surface area contributed by atoms with Crippen LogP contribution in [-0.4, -0.2) is 30.9 Å². The smallest absolute Gasteiger partial charge is 0.251 e. The Morgan fingerprint density at radius 1 is 1.08 bits per heavy atom. The fourth-order valence-corrected chi connectivity index (χ4v) is 2.89. The number of nitrogens with two attached hydrogens (primary N) is 1. The Morgan fingerprint density at radius 3 is 2.40 bits per heavy atom. The van der Waals surface area contributed by atoms with E-state index in [0.29, 0.717) is 36.3 Å². The maximum Gasteiger partial charge on any atom is 0.251 e. The molecular formula is C18H17F2N3O2. The average Bonchev–Trinajstić information content (AvgIpc) is 3.03. The van der Waals surface area contributed by atoms with Gasteiger partial charge in [0.15, 0.2) is 0 Å². The highest BCUT2D eigenvalue weighted by atomic mass is 19.1. The summed E-state index contributed by atoms with van der Waals surface area (Å²) in [5.74, 6) is -2.07. The molecule has 0 radical (unpaired) electrons. The molecule has 130 valence electrons. The van der Waals surface area contributed by atoms with Crippen molar-refractivity contribution in [3.63, 3.8) is 0 Å². The quantitative estimate of drug-likeness (QED) is 0.891. The SMILES string of the molecule is NC(=O)c1ccc(C(=O)NC2CCN(c3ccc(F)cc3F)C2)cc1. The minimum atomic E-state index is -0.621. The number of hydrogen-bond donors (Lipinski definition) is 2. The molecule has 25 heavy (non-hydrogen) atoms. The molecule has 1 unspecified atom stereocenters. The van der Waals surface area contributed by atoms with E-state index in [1.807, 2.05) is 0 Å². The first-order chi connectivity index (χ1) is 11.9. The Bertz CT molecular complexity index is 808. The molecule has 2 aromatic carbocycles. The molecule has 0 bridgehead atoms. The largest absolute Gasteiger partial charge is 0.367 e. The van der Waals surface area contributed by atoms with E-state index in [9.17, 15) is 18.4 Å². The van der Waals surface area contributed by atoms with Crippen LogP contribution < -0.4 is 16.0 Å². The first-order valence-corrected chi connectivity index (χ1v) is 7.85. The summed E-state index contributed by atoms with van der Waals surface area (Å²) in [5.41, 5.74) is 6.23. The average molecular weight is 345 g/mol. The Balaban J connectivity index is 1.62. The van der Waals surface area contributed by atoms with Crippen LogP contribution in [0.4, 0.5) is 14.5 Å². The highest BCUT2D eigenvalue weighted by Crippen LogP contribution is 2.24. The van der Waals surface area contributed by atoms with E-state index in [1.165, 1.54) is 36.4 Å². The van der Waals surface area contributed by atoms with Gasteiger partial charge in [-0.2, -0.15) is 0 Å². The fourth-order valence-electron chi connectivity index (χ4n) is 2.89. The van der Waals surface area contributed by atoms with Gasteiger partial charge in [0.1, 0.15) is 11.6 Å². The first kappa shape index (κ1) is 16.9. The molecule has 1 saturated heterocycles. The van der Waals surface area contributed by atoms with Crippen molar-refractivity contribution in [2.75, 3.05) is 18.0 Å². The highest BCUT2D eigenvalue weighted by molar-refractivity contribution is 5.97. The number of carbonyl (C=O) groups is 2. The monoisotopic (exact) mass is 345 g/mol. The van der Waals surface area contributed by atoms with E-state index in [0.717, 1.165) is 6.07 Å². The maximum absolute atomic E-state index is 13.9. The summed E-state index contributed by atoms with van der Waals surface area (Å²) in [6, 6.07) is 9.36. The molecule has 0 aliphatic carbocycles. The van der Waals surface area contributed by atoms with E-state index in [4.69, 9.17) is 5.73 Å². The summed E-state index contributed by atoms with van der Waals surface area (Å²) in [6.07, 6.45) is 0.655. The second kappa shape index (κ2) is 6.88. The summed E-state index contributed by atoms with van der Waals surface area (Å²) < 4.78 is 26.9. The van der Waals surface area contributed by atoms with Crippen molar-refractivity contribution in [1.82, 2.24) is 5.32 Å². The highest BCUT2D eigenvalue weighted by Gasteiger charge is 2.26. The van der Waals surface area contributed by atoms with Gasteiger partial charge in [0, 0.05) is 36.3 Å². The van der Waals surface area contributed by atoms with Crippen LogP contribution in [0.3, 0.4) is 0 Å². The van der Waals surface area contributed by atoms with E-state index in [-0.39, 0.29) is 11.9 Å².